The number of H-pyrrole nitrogens is 1. The van der Waals surface area contributed by atoms with Gasteiger partial charge in [0.25, 0.3) is 0 Å². The van der Waals surface area contributed by atoms with Crippen molar-refractivity contribution in [3.63, 3.8) is 0 Å². The molecule has 0 aliphatic rings. The molecule has 0 aromatic carbocycles. The predicted octanol–water partition coefficient (Wildman–Crippen LogP) is 2.07. The van der Waals surface area contributed by atoms with E-state index >= 15 is 0 Å². The molecule has 5 heteroatoms. The maximum atomic E-state index is 11.8. The molecule has 0 aliphatic heterocycles. The van der Waals surface area contributed by atoms with Crippen molar-refractivity contribution in [1.82, 2.24) is 10.2 Å². The quantitative estimate of drug-likeness (QED) is 0.672. The number of aromatic nitrogens is 2. The molecule has 60 valence electrons. The minimum Gasteiger partial charge on any atom is -0.278 e. The summed E-state index contributed by atoms with van der Waals surface area (Å²) in [6.45, 7) is 3.29. The molecule has 0 bridgehead atoms. The second kappa shape index (κ2) is 2.41. The summed E-state index contributed by atoms with van der Waals surface area (Å²) in [6.07, 6.45) is -3.11. The van der Waals surface area contributed by atoms with Crippen molar-refractivity contribution >= 4 is 6.08 Å². The molecule has 0 saturated carbocycles. The molecular weight excluding hydrogens is 157 g/mol. The van der Waals surface area contributed by atoms with Crippen LogP contribution in [0.2, 0.25) is 0 Å². The molecular formula is C6H5F3N2. The largest absolute Gasteiger partial charge is 0.435 e. The summed E-state index contributed by atoms with van der Waals surface area (Å²) < 4.78 is 35.5. The number of aromatic amines is 1. The van der Waals surface area contributed by atoms with Crippen LogP contribution >= 0.6 is 0 Å². The van der Waals surface area contributed by atoms with Crippen molar-refractivity contribution in [3.05, 3.63) is 24.0 Å². The standard InChI is InChI=1S/C6H5F3N2/c1-2-4-3-5(11-10-4)6(7,8)9/h2-3H,1H2,(H,10,11). The SMILES string of the molecule is C=Cc1cc(C(F)(F)F)n[nH]1. The van der Waals surface area contributed by atoms with Gasteiger partial charge in [-0.15, -0.1) is 0 Å². The highest BCUT2D eigenvalue weighted by Gasteiger charge is 2.33. The smallest absolute Gasteiger partial charge is 0.278 e. The molecule has 0 amide bonds. The van der Waals surface area contributed by atoms with Crippen molar-refractivity contribution in [2.75, 3.05) is 0 Å². The molecule has 1 aromatic heterocycles. The molecule has 1 heterocycles. The minimum atomic E-state index is -4.38. The first-order valence-corrected chi connectivity index (χ1v) is 2.79. The zero-order chi connectivity index (χ0) is 8.48. The number of hydrogen-bond donors (Lipinski definition) is 1. The summed E-state index contributed by atoms with van der Waals surface area (Å²) in [5.74, 6) is 0. The Kier molecular flexibility index (Phi) is 1.72. The molecule has 1 N–H and O–H groups in total. The Morgan fingerprint density at radius 1 is 1.55 bits per heavy atom. The third kappa shape index (κ3) is 1.60. The van der Waals surface area contributed by atoms with Gasteiger partial charge in [-0.3, -0.25) is 5.10 Å². The molecule has 1 rings (SSSR count). The Morgan fingerprint density at radius 2 is 2.18 bits per heavy atom. The van der Waals surface area contributed by atoms with Crippen LogP contribution in [0.4, 0.5) is 13.2 Å². The van der Waals surface area contributed by atoms with Crippen molar-refractivity contribution in [1.29, 1.82) is 0 Å². The van der Waals surface area contributed by atoms with Crippen LogP contribution in [-0.4, -0.2) is 10.2 Å². The lowest BCUT2D eigenvalue weighted by atomic mass is 10.3. The Hall–Kier alpha value is -1.26. The van der Waals surface area contributed by atoms with E-state index in [0.717, 1.165) is 6.07 Å². The zero-order valence-corrected chi connectivity index (χ0v) is 5.44. The van der Waals surface area contributed by atoms with E-state index in [0.29, 0.717) is 0 Å². The van der Waals surface area contributed by atoms with Gasteiger partial charge >= 0.3 is 6.18 Å². The van der Waals surface area contributed by atoms with Crippen molar-refractivity contribution in [2.24, 2.45) is 0 Å². The highest BCUT2D eigenvalue weighted by Crippen LogP contribution is 2.27. The highest BCUT2D eigenvalue weighted by atomic mass is 19.4. The monoisotopic (exact) mass is 162 g/mol. The van der Waals surface area contributed by atoms with E-state index in [1.807, 2.05) is 0 Å². The van der Waals surface area contributed by atoms with E-state index in [9.17, 15) is 13.2 Å². The van der Waals surface area contributed by atoms with E-state index in [1.54, 1.807) is 0 Å². The Bertz CT molecular complexity index is 261. The molecule has 1 aromatic rings. The summed E-state index contributed by atoms with van der Waals surface area (Å²) in [4.78, 5) is 0. The minimum absolute atomic E-state index is 0.261. The van der Waals surface area contributed by atoms with Crippen LogP contribution in [0.1, 0.15) is 11.4 Å². The van der Waals surface area contributed by atoms with Gasteiger partial charge in [-0.05, 0) is 12.1 Å². The van der Waals surface area contributed by atoms with Gasteiger partial charge in [0.1, 0.15) is 0 Å². The second-order valence-corrected chi connectivity index (χ2v) is 1.91. The van der Waals surface area contributed by atoms with Gasteiger partial charge in [0, 0.05) is 0 Å². The van der Waals surface area contributed by atoms with Crippen molar-refractivity contribution in [2.45, 2.75) is 6.18 Å². The summed E-state index contributed by atoms with van der Waals surface area (Å²) in [7, 11) is 0. The second-order valence-electron chi connectivity index (χ2n) is 1.91. The van der Waals surface area contributed by atoms with Crippen LogP contribution in [0.25, 0.3) is 6.08 Å². The lowest BCUT2D eigenvalue weighted by Crippen LogP contribution is -2.04. The molecule has 0 aliphatic carbocycles. The van der Waals surface area contributed by atoms with E-state index in [-0.39, 0.29) is 5.69 Å². The number of alkyl halides is 3. The molecule has 0 spiro atoms. The Labute approximate surface area is 60.7 Å². The number of hydrogen-bond acceptors (Lipinski definition) is 1. The van der Waals surface area contributed by atoms with Crippen LogP contribution in [0.3, 0.4) is 0 Å². The van der Waals surface area contributed by atoms with E-state index < -0.39 is 11.9 Å². The average molecular weight is 162 g/mol. The van der Waals surface area contributed by atoms with E-state index in [2.05, 4.69) is 16.8 Å². The maximum Gasteiger partial charge on any atom is 0.435 e. The summed E-state index contributed by atoms with van der Waals surface area (Å²) >= 11 is 0. The van der Waals surface area contributed by atoms with Crippen LogP contribution in [-0.2, 0) is 6.18 Å². The fraction of sp³-hybridized carbons (Fsp3) is 0.167. The molecule has 2 nitrogen and oxygen atoms in total. The van der Waals surface area contributed by atoms with Gasteiger partial charge < -0.3 is 0 Å². The molecule has 0 radical (unpaired) electrons. The number of rotatable bonds is 1. The van der Waals surface area contributed by atoms with Gasteiger partial charge in [0.05, 0.1) is 5.69 Å². The fourth-order valence-corrected chi connectivity index (χ4v) is 0.586. The lowest BCUT2D eigenvalue weighted by molar-refractivity contribution is -0.141. The third-order valence-electron chi connectivity index (χ3n) is 1.11. The van der Waals surface area contributed by atoms with Crippen molar-refractivity contribution in [3.8, 4) is 0 Å². The Balaban J connectivity index is 2.98. The van der Waals surface area contributed by atoms with Crippen molar-refractivity contribution < 1.29 is 13.2 Å². The summed E-state index contributed by atoms with van der Waals surface area (Å²) in [5, 5.41) is 5.21. The third-order valence-corrected chi connectivity index (χ3v) is 1.11. The van der Waals surface area contributed by atoms with Gasteiger partial charge in [0.2, 0.25) is 0 Å². The first-order chi connectivity index (χ1) is 5.04. The van der Waals surface area contributed by atoms with Gasteiger partial charge in [-0.1, -0.05) is 6.58 Å². The first kappa shape index (κ1) is 7.84. The normalized spacial score (nSPS) is 11.5. The fourth-order valence-electron chi connectivity index (χ4n) is 0.586. The number of nitrogens with one attached hydrogen (secondary N) is 1. The van der Waals surface area contributed by atoms with E-state index in [1.165, 1.54) is 6.08 Å². The van der Waals surface area contributed by atoms with E-state index in [4.69, 9.17) is 0 Å². The zero-order valence-electron chi connectivity index (χ0n) is 5.44. The van der Waals surface area contributed by atoms with Gasteiger partial charge in [-0.2, -0.15) is 18.3 Å². The predicted molar refractivity (Wildman–Crippen MR) is 33.7 cm³/mol. The molecule has 11 heavy (non-hydrogen) atoms. The molecule has 0 fully saturated rings. The number of nitrogens with zero attached hydrogens (tertiary/aromatic N) is 1. The molecule has 0 unspecified atom stereocenters. The topological polar surface area (TPSA) is 28.7 Å². The summed E-state index contributed by atoms with van der Waals surface area (Å²) in [6, 6.07) is 0.896. The van der Waals surface area contributed by atoms with Crippen LogP contribution in [0.5, 0.6) is 0 Å². The maximum absolute atomic E-state index is 11.8. The lowest BCUT2D eigenvalue weighted by Gasteiger charge is -1.98. The number of halogens is 3. The average Bonchev–Trinajstić information content (AvgIpc) is 2.32. The first-order valence-electron chi connectivity index (χ1n) is 2.79. The van der Waals surface area contributed by atoms with Gasteiger partial charge in [-0.25, -0.2) is 0 Å². The van der Waals surface area contributed by atoms with Crippen LogP contribution < -0.4 is 0 Å². The van der Waals surface area contributed by atoms with Crippen LogP contribution in [0, 0.1) is 0 Å². The molecule has 0 saturated heterocycles. The Morgan fingerprint density at radius 3 is 2.45 bits per heavy atom. The van der Waals surface area contributed by atoms with Gasteiger partial charge in [0.15, 0.2) is 5.69 Å². The molecule has 0 atom stereocenters. The highest BCUT2D eigenvalue weighted by molar-refractivity contribution is 5.41. The summed E-state index contributed by atoms with van der Waals surface area (Å²) in [5.41, 5.74) is -0.662. The van der Waals surface area contributed by atoms with Crippen LogP contribution in [0.15, 0.2) is 12.6 Å².